The van der Waals surface area contributed by atoms with Crippen molar-refractivity contribution in [3.05, 3.63) is 54.0 Å². The van der Waals surface area contributed by atoms with Gasteiger partial charge in [0.05, 0.1) is 12.8 Å². The Bertz CT molecular complexity index is 504. The maximum atomic E-state index is 5.75. The molecule has 1 unspecified atom stereocenters. The minimum atomic E-state index is 0.615. The molecule has 1 aromatic heterocycles. The molecule has 1 aromatic carbocycles. The zero-order valence-corrected chi connectivity index (χ0v) is 11.1. The van der Waals surface area contributed by atoms with Crippen LogP contribution in [0, 0.1) is 0 Å². The van der Waals surface area contributed by atoms with Crippen molar-refractivity contribution in [1.82, 2.24) is 4.90 Å². The van der Waals surface area contributed by atoms with Gasteiger partial charge >= 0.3 is 0 Å². The number of hydrogen-bond acceptors (Lipinski definition) is 3. The van der Waals surface area contributed by atoms with Gasteiger partial charge in [0.15, 0.2) is 0 Å². The summed E-state index contributed by atoms with van der Waals surface area (Å²) in [6, 6.07) is 12.3. The van der Waals surface area contributed by atoms with Crippen LogP contribution < -0.4 is 5.73 Å². The maximum absolute atomic E-state index is 5.75. The summed E-state index contributed by atoms with van der Waals surface area (Å²) in [5.74, 6) is 1.67. The number of piperidine rings is 1. The lowest BCUT2D eigenvalue weighted by molar-refractivity contribution is 0.187. The molecule has 3 heteroatoms. The zero-order valence-electron chi connectivity index (χ0n) is 11.1. The number of nitrogen functional groups attached to an aromatic ring is 1. The number of nitrogens with two attached hydrogens (primary N) is 1. The Hall–Kier alpha value is -1.74. The van der Waals surface area contributed by atoms with Crippen molar-refractivity contribution in [2.24, 2.45) is 0 Å². The molecular weight excluding hydrogens is 236 g/mol. The summed E-state index contributed by atoms with van der Waals surface area (Å²) >= 11 is 0. The fraction of sp³-hybridized carbons (Fsp3) is 0.375. The number of hydrogen-bond donors (Lipinski definition) is 1. The van der Waals surface area contributed by atoms with Crippen molar-refractivity contribution < 1.29 is 4.42 Å². The lowest BCUT2D eigenvalue weighted by atomic mass is 9.90. The van der Waals surface area contributed by atoms with Crippen molar-refractivity contribution >= 4 is 5.69 Å². The molecule has 3 rings (SSSR count). The van der Waals surface area contributed by atoms with Crippen LogP contribution in [-0.4, -0.2) is 18.0 Å². The average molecular weight is 256 g/mol. The second-order valence-corrected chi connectivity index (χ2v) is 5.32. The highest BCUT2D eigenvalue weighted by atomic mass is 16.3. The quantitative estimate of drug-likeness (QED) is 0.857. The Balaban J connectivity index is 1.66. The second kappa shape index (κ2) is 5.49. The Morgan fingerprint density at radius 2 is 2.05 bits per heavy atom. The van der Waals surface area contributed by atoms with E-state index in [1.807, 2.05) is 24.3 Å². The first-order chi connectivity index (χ1) is 9.31. The molecule has 1 atom stereocenters. The molecule has 1 aliphatic heterocycles. The Labute approximate surface area is 114 Å². The topological polar surface area (TPSA) is 42.4 Å². The highest BCUT2D eigenvalue weighted by Crippen LogP contribution is 2.28. The molecule has 3 nitrogen and oxygen atoms in total. The standard InChI is InChI=1S/C16H20N2O/c17-15-7-5-13(6-8-15)14-3-1-9-18(11-14)12-16-4-2-10-19-16/h2,4-8,10,14H,1,3,9,11-12,17H2. The lowest BCUT2D eigenvalue weighted by Gasteiger charge is -2.32. The molecular formula is C16H20N2O. The van der Waals surface area contributed by atoms with E-state index in [0.717, 1.165) is 31.1 Å². The van der Waals surface area contributed by atoms with Gasteiger partial charge in [0, 0.05) is 12.2 Å². The number of likely N-dealkylation sites (tertiary alicyclic amines) is 1. The van der Waals surface area contributed by atoms with Crippen LogP contribution in [0.25, 0.3) is 0 Å². The predicted octanol–water partition coefficient (Wildman–Crippen LogP) is 3.24. The molecule has 1 fully saturated rings. The Morgan fingerprint density at radius 3 is 2.79 bits per heavy atom. The van der Waals surface area contributed by atoms with Gasteiger partial charge < -0.3 is 10.2 Å². The Morgan fingerprint density at radius 1 is 1.21 bits per heavy atom. The fourth-order valence-electron chi connectivity index (χ4n) is 2.86. The van der Waals surface area contributed by atoms with Crippen molar-refractivity contribution in [3.63, 3.8) is 0 Å². The predicted molar refractivity (Wildman–Crippen MR) is 76.8 cm³/mol. The molecule has 0 bridgehead atoms. The first-order valence-electron chi connectivity index (χ1n) is 6.91. The average Bonchev–Trinajstić information content (AvgIpc) is 2.93. The van der Waals surface area contributed by atoms with E-state index >= 15 is 0 Å². The minimum absolute atomic E-state index is 0.615. The summed E-state index contributed by atoms with van der Waals surface area (Å²) in [7, 11) is 0. The third kappa shape index (κ3) is 2.99. The van der Waals surface area contributed by atoms with E-state index < -0.39 is 0 Å². The van der Waals surface area contributed by atoms with Gasteiger partial charge in [-0.2, -0.15) is 0 Å². The van der Waals surface area contributed by atoms with Crippen LogP contribution in [0.4, 0.5) is 5.69 Å². The number of benzene rings is 1. The van der Waals surface area contributed by atoms with Gasteiger partial charge in [-0.15, -0.1) is 0 Å². The third-order valence-electron chi connectivity index (χ3n) is 3.87. The van der Waals surface area contributed by atoms with Gasteiger partial charge in [-0.05, 0) is 55.1 Å². The summed E-state index contributed by atoms with van der Waals surface area (Å²) in [4.78, 5) is 2.48. The van der Waals surface area contributed by atoms with E-state index in [2.05, 4.69) is 17.0 Å². The highest BCUT2D eigenvalue weighted by Gasteiger charge is 2.21. The molecule has 0 aliphatic carbocycles. The van der Waals surface area contributed by atoms with Crippen molar-refractivity contribution in [2.45, 2.75) is 25.3 Å². The van der Waals surface area contributed by atoms with Crippen LogP contribution in [-0.2, 0) is 6.54 Å². The second-order valence-electron chi connectivity index (χ2n) is 5.32. The molecule has 0 radical (unpaired) electrons. The van der Waals surface area contributed by atoms with E-state index in [0.29, 0.717) is 5.92 Å². The van der Waals surface area contributed by atoms with Gasteiger partial charge in [-0.3, -0.25) is 4.90 Å². The van der Waals surface area contributed by atoms with Crippen molar-refractivity contribution in [3.8, 4) is 0 Å². The van der Waals surface area contributed by atoms with Gasteiger partial charge in [0.1, 0.15) is 5.76 Å². The number of furan rings is 1. The number of rotatable bonds is 3. The van der Waals surface area contributed by atoms with Crippen LogP contribution in [0.1, 0.15) is 30.1 Å². The molecule has 2 aromatic rings. The van der Waals surface area contributed by atoms with E-state index in [4.69, 9.17) is 10.2 Å². The largest absolute Gasteiger partial charge is 0.468 e. The van der Waals surface area contributed by atoms with Gasteiger partial charge in [0.25, 0.3) is 0 Å². The smallest absolute Gasteiger partial charge is 0.117 e. The van der Waals surface area contributed by atoms with Crippen LogP contribution in [0.5, 0.6) is 0 Å². The van der Waals surface area contributed by atoms with Gasteiger partial charge in [0.2, 0.25) is 0 Å². The summed E-state index contributed by atoms with van der Waals surface area (Å²) in [6.45, 7) is 3.18. The van der Waals surface area contributed by atoms with Crippen molar-refractivity contribution in [1.29, 1.82) is 0 Å². The molecule has 0 amide bonds. The van der Waals surface area contributed by atoms with Crippen LogP contribution >= 0.6 is 0 Å². The minimum Gasteiger partial charge on any atom is -0.468 e. The molecule has 2 heterocycles. The van der Waals surface area contributed by atoms with Gasteiger partial charge in [-0.1, -0.05) is 12.1 Å². The summed E-state index contributed by atoms with van der Waals surface area (Å²) in [5, 5.41) is 0. The van der Waals surface area contributed by atoms with E-state index in [9.17, 15) is 0 Å². The van der Waals surface area contributed by atoms with Crippen LogP contribution in [0.15, 0.2) is 47.1 Å². The van der Waals surface area contributed by atoms with E-state index in [-0.39, 0.29) is 0 Å². The van der Waals surface area contributed by atoms with Crippen LogP contribution in [0.3, 0.4) is 0 Å². The molecule has 2 N–H and O–H groups in total. The molecule has 19 heavy (non-hydrogen) atoms. The maximum Gasteiger partial charge on any atom is 0.117 e. The van der Waals surface area contributed by atoms with E-state index in [1.165, 1.54) is 18.4 Å². The summed E-state index contributed by atoms with van der Waals surface area (Å²) in [6.07, 6.45) is 4.26. The highest BCUT2D eigenvalue weighted by molar-refractivity contribution is 5.40. The number of anilines is 1. The normalized spacial score (nSPS) is 20.5. The summed E-state index contributed by atoms with van der Waals surface area (Å²) < 4.78 is 5.43. The fourth-order valence-corrected chi connectivity index (χ4v) is 2.86. The Kier molecular flexibility index (Phi) is 3.56. The first kappa shape index (κ1) is 12.3. The third-order valence-corrected chi connectivity index (χ3v) is 3.87. The number of nitrogens with zero attached hydrogens (tertiary/aromatic N) is 1. The van der Waals surface area contributed by atoms with Gasteiger partial charge in [-0.25, -0.2) is 0 Å². The molecule has 1 saturated heterocycles. The van der Waals surface area contributed by atoms with Crippen LogP contribution in [0.2, 0.25) is 0 Å². The first-order valence-corrected chi connectivity index (χ1v) is 6.91. The lowest BCUT2D eigenvalue weighted by Crippen LogP contribution is -2.33. The summed E-state index contributed by atoms with van der Waals surface area (Å²) in [5.41, 5.74) is 7.99. The molecule has 1 aliphatic rings. The monoisotopic (exact) mass is 256 g/mol. The zero-order chi connectivity index (χ0) is 13.1. The molecule has 100 valence electrons. The van der Waals surface area contributed by atoms with Crippen molar-refractivity contribution in [2.75, 3.05) is 18.8 Å². The SMILES string of the molecule is Nc1ccc(C2CCCN(Cc3ccco3)C2)cc1. The molecule has 0 spiro atoms. The van der Waals surface area contributed by atoms with E-state index in [1.54, 1.807) is 6.26 Å². The molecule has 0 saturated carbocycles.